The van der Waals surface area contributed by atoms with Gasteiger partial charge in [-0.25, -0.2) is 4.79 Å². The molecule has 26 heavy (non-hydrogen) atoms. The first-order valence-corrected chi connectivity index (χ1v) is 8.95. The van der Waals surface area contributed by atoms with Crippen LogP contribution in [-0.2, 0) is 14.3 Å². The van der Waals surface area contributed by atoms with Crippen molar-refractivity contribution >= 4 is 12.4 Å². The Morgan fingerprint density at radius 3 is 1.92 bits per heavy atom. The zero-order valence-corrected chi connectivity index (χ0v) is 18.4. The molecule has 5 nitrogen and oxygen atoms in total. The van der Waals surface area contributed by atoms with Crippen molar-refractivity contribution in [3.63, 3.8) is 0 Å². The summed E-state index contributed by atoms with van der Waals surface area (Å²) in [5, 5.41) is 0. The van der Waals surface area contributed by atoms with Crippen LogP contribution in [0.15, 0.2) is 12.7 Å². The summed E-state index contributed by atoms with van der Waals surface area (Å²) >= 11 is 0. The van der Waals surface area contributed by atoms with Gasteiger partial charge in [0.05, 0.1) is 6.04 Å². The number of methoxy groups -OCH3 is 1. The quantitative estimate of drug-likeness (QED) is 0.391. The van der Waals surface area contributed by atoms with E-state index in [2.05, 4.69) is 31.1 Å². The lowest BCUT2D eigenvalue weighted by Gasteiger charge is -2.26. The smallest absolute Gasteiger partial charge is 0.410 e. The average Bonchev–Trinajstić information content (AvgIpc) is 3.02. The molecule has 1 aliphatic heterocycles. The molecule has 0 aromatic heterocycles. The number of carbonyl (C=O) groups excluding carboxylic acids is 2. The highest BCUT2D eigenvalue weighted by Gasteiger charge is 2.36. The van der Waals surface area contributed by atoms with Gasteiger partial charge >= 0.3 is 6.09 Å². The Morgan fingerprint density at radius 1 is 1.27 bits per heavy atom. The molecule has 5 heteroatoms. The third-order valence-electron chi connectivity index (χ3n) is 2.79. The first-order valence-electron chi connectivity index (χ1n) is 8.95. The van der Waals surface area contributed by atoms with Gasteiger partial charge < -0.3 is 14.3 Å². The molecule has 0 bridgehead atoms. The molecular formula is C21H41NO4. The first kappa shape index (κ1) is 31.9. The fourth-order valence-electron chi connectivity index (χ4n) is 1.91. The van der Waals surface area contributed by atoms with Crippen molar-refractivity contribution in [2.75, 3.05) is 20.8 Å². The summed E-state index contributed by atoms with van der Waals surface area (Å²) < 4.78 is 9.52. The van der Waals surface area contributed by atoms with Crippen molar-refractivity contribution < 1.29 is 19.1 Å². The number of aldehydes is 1. The molecule has 1 amide bonds. The standard InChI is InChI=1S/C12H21NO3.C3H6.C2H6O.C2H6.C2H2/c1-5-9-6-10(8-14)13(7-9)11(15)16-12(2,3)4;2*1-3-2;2*1-2/h8-10H,5-7H2,1-4H3;3H,1H2,2H3;1-2H3;1-2H3;1-2H/t9-,10+;;;;/m1..../s1. The highest BCUT2D eigenvalue weighted by Crippen LogP contribution is 2.26. The minimum atomic E-state index is -0.505. The van der Waals surface area contributed by atoms with Crippen LogP contribution < -0.4 is 0 Å². The van der Waals surface area contributed by atoms with E-state index in [1.807, 2.05) is 41.5 Å². The molecule has 0 N–H and O–H groups in total. The second-order valence-electron chi connectivity index (χ2n) is 6.16. The second kappa shape index (κ2) is 21.2. The zero-order valence-electron chi connectivity index (χ0n) is 18.4. The Morgan fingerprint density at radius 2 is 1.65 bits per heavy atom. The van der Waals surface area contributed by atoms with Crippen LogP contribution in [0.4, 0.5) is 4.79 Å². The first-order chi connectivity index (χ1) is 12.2. The number of hydrogen-bond donors (Lipinski definition) is 0. The highest BCUT2D eigenvalue weighted by molar-refractivity contribution is 5.74. The number of allylic oxidation sites excluding steroid dienone is 1. The topological polar surface area (TPSA) is 55.8 Å². The van der Waals surface area contributed by atoms with Crippen LogP contribution in [0.2, 0.25) is 0 Å². The number of amides is 1. The van der Waals surface area contributed by atoms with E-state index in [1.54, 1.807) is 25.2 Å². The average molecular weight is 372 g/mol. The molecule has 1 rings (SSSR count). The molecule has 1 heterocycles. The zero-order chi connectivity index (χ0) is 21.8. The van der Waals surface area contributed by atoms with Crippen molar-refractivity contribution in [2.24, 2.45) is 5.92 Å². The van der Waals surface area contributed by atoms with Crippen molar-refractivity contribution in [3.05, 3.63) is 12.7 Å². The molecule has 2 atom stereocenters. The minimum absolute atomic E-state index is 0.306. The Balaban J connectivity index is -0.000000204. The third-order valence-corrected chi connectivity index (χ3v) is 2.79. The van der Waals surface area contributed by atoms with Crippen LogP contribution in [0, 0.1) is 18.8 Å². The van der Waals surface area contributed by atoms with Gasteiger partial charge in [-0.05, 0) is 40.0 Å². The maximum absolute atomic E-state index is 11.8. The summed E-state index contributed by atoms with van der Waals surface area (Å²) in [7, 11) is 3.25. The summed E-state index contributed by atoms with van der Waals surface area (Å²) in [6, 6.07) is -0.306. The number of rotatable bonds is 2. The molecule has 0 aliphatic carbocycles. The summed E-state index contributed by atoms with van der Waals surface area (Å²) in [6.45, 7) is 17.4. The second-order valence-corrected chi connectivity index (χ2v) is 6.16. The van der Waals surface area contributed by atoms with Gasteiger partial charge in [0.15, 0.2) is 0 Å². The molecule has 0 radical (unpaired) electrons. The van der Waals surface area contributed by atoms with Crippen molar-refractivity contribution in [3.8, 4) is 12.8 Å². The van der Waals surface area contributed by atoms with E-state index in [4.69, 9.17) is 4.74 Å². The fraction of sp³-hybridized carbons (Fsp3) is 0.714. The van der Waals surface area contributed by atoms with E-state index < -0.39 is 5.60 Å². The van der Waals surface area contributed by atoms with Gasteiger partial charge in [0, 0.05) is 20.8 Å². The number of likely N-dealkylation sites (tertiary alicyclic amines) is 1. The Bertz CT molecular complexity index is 359. The Labute approximate surface area is 162 Å². The van der Waals surface area contributed by atoms with Crippen LogP contribution in [0.25, 0.3) is 0 Å². The molecule has 1 aliphatic rings. The van der Waals surface area contributed by atoms with Crippen LogP contribution in [0.3, 0.4) is 0 Å². The van der Waals surface area contributed by atoms with E-state index in [1.165, 1.54) is 0 Å². The molecule has 0 aromatic rings. The molecule has 0 saturated carbocycles. The van der Waals surface area contributed by atoms with Gasteiger partial charge in [-0.1, -0.05) is 33.3 Å². The normalized spacial score (nSPS) is 17.3. The van der Waals surface area contributed by atoms with E-state index >= 15 is 0 Å². The molecular weight excluding hydrogens is 330 g/mol. The fourth-order valence-corrected chi connectivity index (χ4v) is 1.91. The lowest BCUT2D eigenvalue weighted by atomic mass is 10.0. The molecule has 1 saturated heterocycles. The Kier molecular flexibility index (Phi) is 26.1. The lowest BCUT2D eigenvalue weighted by Crippen LogP contribution is -2.40. The Hall–Kier alpha value is -1.80. The number of hydrogen-bond acceptors (Lipinski definition) is 4. The van der Waals surface area contributed by atoms with E-state index in [9.17, 15) is 9.59 Å². The monoisotopic (exact) mass is 371 g/mol. The largest absolute Gasteiger partial charge is 0.444 e. The minimum Gasteiger partial charge on any atom is -0.444 e. The molecule has 0 unspecified atom stereocenters. The molecule has 1 fully saturated rings. The van der Waals surface area contributed by atoms with E-state index in [0.29, 0.717) is 12.5 Å². The van der Waals surface area contributed by atoms with Crippen LogP contribution >= 0.6 is 0 Å². The van der Waals surface area contributed by atoms with Gasteiger partial charge in [0.2, 0.25) is 0 Å². The van der Waals surface area contributed by atoms with Crippen LogP contribution in [-0.4, -0.2) is 49.7 Å². The van der Waals surface area contributed by atoms with Gasteiger partial charge in [-0.3, -0.25) is 4.90 Å². The maximum Gasteiger partial charge on any atom is 0.410 e. The molecule has 0 spiro atoms. The van der Waals surface area contributed by atoms with Crippen molar-refractivity contribution in [2.45, 2.75) is 73.0 Å². The van der Waals surface area contributed by atoms with Crippen LogP contribution in [0.5, 0.6) is 0 Å². The lowest BCUT2D eigenvalue weighted by molar-refractivity contribution is -0.111. The number of terminal acetylenes is 1. The molecule has 0 aromatic carbocycles. The summed E-state index contributed by atoms with van der Waals surface area (Å²) in [5.74, 6) is 0.419. The predicted molar refractivity (Wildman–Crippen MR) is 111 cm³/mol. The van der Waals surface area contributed by atoms with E-state index in [0.717, 1.165) is 19.1 Å². The van der Waals surface area contributed by atoms with Gasteiger partial charge in [-0.15, -0.1) is 19.4 Å². The predicted octanol–water partition coefficient (Wildman–Crippen LogP) is 4.95. The number of ether oxygens (including phenoxy) is 2. The maximum atomic E-state index is 11.8. The SMILES string of the molecule is C#C.C=CC.CC.CC[C@@H]1C[C@@H](C=O)N(C(=O)OC(C)(C)C)C1.COC. The van der Waals surface area contributed by atoms with Crippen LogP contribution in [0.1, 0.15) is 61.3 Å². The highest BCUT2D eigenvalue weighted by atomic mass is 16.6. The van der Waals surface area contributed by atoms with Gasteiger partial charge in [0.1, 0.15) is 11.9 Å². The van der Waals surface area contributed by atoms with Crippen molar-refractivity contribution in [1.82, 2.24) is 4.90 Å². The summed E-state index contributed by atoms with van der Waals surface area (Å²) in [4.78, 5) is 24.3. The van der Waals surface area contributed by atoms with E-state index in [-0.39, 0.29) is 12.1 Å². The third kappa shape index (κ3) is 18.5. The summed E-state index contributed by atoms with van der Waals surface area (Å²) in [5.41, 5.74) is -0.505. The van der Waals surface area contributed by atoms with Crippen molar-refractivity contribution in [1.29, 1.82) is 0 Å². The van der Waals surface area contributed by atoms with Gasteiger partial charge in [-0.2, -0.15) is 0 Å². The van der Waals surface area contributed by atoms with Gasteiger partial charge in [0.25, 0.3) is 0 Å². The number of carbonyl (C=O) groups is 2. The number of nitrogens with zero attached hydrogens (tertiary/aromatic N) is 1. The summed E-state index contributed by atoms with van der Waals surface area (Å²) in [6.07, 6.45) is 12.0. The molecule has 154 valence electrons.